The normalized spacial score (nSPS) is 28.1. The van der Waals surface area contributed by atoms with E-state index in [2.05, 4.69) is 22.0 Å². The lowest BCUT2D eigenvalue weighted by Gasteiger charge is -2.19. The predicted molar refractivity (Wildman–Crippen MR) is 71.9 cm³/mol. The van der Waals surface area contributed by atoms with Crippen molar-refractivity contribution in [2.24, 2.45) is 0 Å². The topological polar surface area (TPSA) is 25.4 Å². The Morgan fingerprint density at radius 3 is 3.00 bits per heavy atom. The van der Waals surface area contributed by atoms with E-state index in [1.165, 1.54) is 5.56 Å². The Morgan fingerprint density at radius 2 is 2.32 bits per heavy atom. The van der Waals surface area contributed by atoms with Crippen molar-refractivity contribution in [2.45, 2.75) is 38.4 Å². The summed E-state index contributed by atoms with van der Waals surface area (Å²) >= 11 is 0. The second kappa shape index (κ2) is 5.55. The first-order chi connectivity index (χ1) is 9.22. The van der Waals surface area contributed by atoms with Crippen LogP contribution in [0.25, 0.3) is 0 Å². The van der Waals surface area contributed by atoms with E-state index in [0.29, 0.717) is 18.9 Å². The molecule has 2 saturated heterocycles. The van der Waals surface area contributed by atoms with Crippen LogP contribution in [0.3, 0.4) is 0 Å². The number of pyridine rings is 1. The molecule has 2 aliphatic heterocycles. The highest BCUT2D eigenvalue weighted by Crippen LogP contribution is 2.28. The predicted octanol–water partition coefficient (Wildman–Crippen LogP) is 2.44. The maximum absolute atomic E-state index is 13.3. The fourth-order valence-electron chi connectivity index (χ4n) is 3.04. The maximum atomic E-state index is 13.3. The van der Waals surface area contributed by atoms with Crippen LogP contribution in [0.2, 0.25) is 0 Å². The molecule has 0 spiro atoms. The SMILES string of the molecule is Cc1ccc(C2CCOC2)c(CN2CCC(F)C2)n1. The molecule has 3 rings (SSSR count). The number of halogens is 1. The van der Waals surface area contributed by atoms with E-state index in [1.807, 2.05) is 6.92 Å². The highest BCUT2D eigenvalue weighted by Gasteiger charge is 2.25. The van der Waals surface area contributed by atoms with Crippen molar-refractivity contribution in [1.29, 1.82) is 0 Å². The van der Waals surface area contributed by atoms with E-state index in [1.54, 1.807) is 0 Å². The van der Waals surface area contributed by atoms with Crippen molar-refractivity contribution in [2.75, 3.05) is 26.3 Å². The van der Waals surface area contributed by atoms with Gasteiger partial charge in [-0.3, -0.25) is 9.88 Å². The summed E-state index contributed by atoms with van der Waals surface area (Å²) < 4.78 is 18.8. The highest BCUT2D eigenvalue weighted by molar-refractivity contribution is 5.27. The number of likely N-dealkylation sites (tertiary alicyclic amines) is 1. The minimum absolute atomic E-state index is 0.465. The molecule has 2 unspecified atom stereocenters. The van der Waals surface area contributed by atoms with E-state index < -0.39 is 6.17 Å². The monoisotopic (exact) mass is 264 g/mol. The maximum Gasteiger partial charge on any atom is 0.114 e. The quantitative estimate of drug-likeness (QED) is 0.838. The Hall–Kier alpha value is -1.00. The molecule has 0 saturated carbocycles. The van der Waals surface area contributed by atoms with Crippen LogP contribution in [0.4, 0.5) is 4.39 Å². The summed E-state index contributed by atoms with van der Waals surface area (Å²) in [5, 5.41) is 0. The van der Waals surface area contributed by atoms with Crippen molar-refractivity contribution in [3.8, 4) is 0 Å². The summed E-state index contributed by atoms with van der Waals surface area (Å²) in [5.41, 5.74) is 3.45. The number of alkyl halides is 1. The Kier molecular flexibility index (Phi) is 3.80. The Balaban J connectivity index is 1.79. The van der Waals surface area contributed by atoms with Crippen LogP contribution in [0, 0.1) is 6.92 Å². The van der Waals surface area contributed by atoms with E-state index in [0.717, 1.165) is 44.1 Å². The molecule has 4 heteroatoms. The van der Waals surface area contributed by atoms with Gasteiger partial charge in [-0.05, 0) is 31.4 Å². The number of nitrogens with zero attached hydrogens (tertiary/aromatic N) is 2. The molecule has 3 nitrogen and oxygen atoms in total. The fourth-order valence-corrected chi connectivity index (χ4v) is 3.04. The molecule has 1 aromatic heterocycles. The molecule has 2 atom stereocenters. The molecule has 2 aliphatic rings. The highest BCUT2D eigenvalue weighted by atomic mass is 19.1. The molecule has 1 aromatic rings. The van der Waals surface area contributed by atoms with Crippen LogP contribution < -0.4 is 0 Å². The summed E-state index contributed by atoms with van der Waals surface area (Å²) in [6.45, 7) is 5.82. The molecule has 19 heavy (non-hydrogen) atoms. The third kappa shape index (κ3) is 2.95. The summed E-state index contributed by atoms with van der Waals surface area (Å²) in [4.78, 5) is 6.86. The van der Waals surface area contributed by atoms with E-state index in [9.17, 15) is 4.39 Å². The van der Waals surface area contributed by atoms with Crippen LogP contribution in [0.15, 0.2) is 12.1 Å². The van der Waals surface area contributed by atoms with E-state index in [-0.39, 0.29) is 0 Å². The third-order valence-corrected chi connectivity index (χ3v) is 4.11. The molecule has 2 fully saturated rings. The number of hydrogen-bond acceptors (Lipinski definition) is 3. The van der Waals surface area contributed by atoms with Crippen LogP contribution in [0.5, 0.6) is 0 Å². The van der Waals surface area contributed by atoms with Crippen LogP contribution in [0.1, 0.15) is 35.7 Å². The third-order valence-electron chi connectivity index (χ3n) is 4.11. The van der Waals surface area contributed by atoms with Gasteiger partial charge in [0.05, 0.1) is 12.3 Å². The smallest absolute Gasteiger partial charge is 0.114 e. The van der Waals surface area contributed by atoms with Gasteiger partial charge in [0.2, 0.25) is 0 Å². The zero-order chi connectivity index (χ0) is 13.2. The van der Waals surface area contributed by atoms with Gasteiger partial charge < -0.3 is 4.74 Å². The average molecular weight is 264 g/mol. The standard InChI is InChI=1S/C15H21FN2O/c1-11-2-3-14(12-5-7-19-10-12)15(17-11)9-18-6-4-13(16)8-18/h2-3,12-13H,4-10H2,1H3. The summed E-state index contributed by atoms with van der Waals surface area (Å²) in [7, 11) is 0. The largest absolute Gasteiger partial charge is 0.381 e. The number of rotatable bonds is 3. The fraction of sp³-hybridized carbons (Fsp3) is 0.667. The number of aryl methyl sites for hydroxylation is 1. The lowest BCUT2D eigenvalue weighted by Crippen LogP contribution is -2.22. The van der Waals surface area contributed by atoms with Gasteiger partial charge in [-0.1, -0.05) is 6.07 Å². The summed E-state index contributed by atoms with van der Waals surface area (Å²) in [6.07, 6.45) is 1.07. The number of ether oxygens (including phenoxy) is 1. The van der Waals surface area contributed by atoms with Gasteiger partial charge in [0.25, 0.3) is 0 Å². The average Bonchev–Trinajstić information content (AvgIpc) is 3.01. The van der Waals surface area contributed by atoms with E-state index >= 15 is 0 Å². The molecule has 0 aromatic carbocycles. The summed E-state index contributed by atoms with van der Waals surface area (Å²) in [5.74, 6) is 0.465. The Bertz CT molecular complexity index is 446. The molecule has 0 bridgehead atoms. The Labute approximate surface area is 113 Å². The van der Waals surface area contributed by atoms with Gasteiger partial charge in [-0.15, -0.1) is 0 Å². The van der Waals surface area contributed by atoms with Gasteiger partial charge in [-0.2, -0.15) is 0 Å². The second-order valence-electron chi connectivity index (χ2n) is 5.67. The number of aromatic nitrogens is 1. The first-order valence-electron chi connectivity index (χ1n) is 7.13. The van der Waals surface area contributed by atoms with Crippen molar-refractivity contribution in [3.05, 3.63) is 29.1 Å². The van der Waals surface area contributed by atoms with Crippen molar-refractivity contribution >= 4 is 0 Å². The van der Waals surface area contributed by atoms with E-state index in [4.69, 9.17) is 4.74 Å². The zero-order valence-corrected chi connectivity index (χ0v) is 11.4. The Morgan fingerprint density at radius 1 is 1.42 bits per heavy atom. The zero-order valence-electron chi connectivity index (χ0n) is 11.4. The lowest BCUT2D eigenvalue weighted by atomic mass is 9.96. The van der Waals surface area contributed by atoms with Crippen LogP contribution in [-0.2, 0) is 11.3 Å². The van der Waals surface area contributed by atoms with Gasteiger partial charge in [0, 0.05) is 37.9 Å². The van der Waals surface area contributed by atoms with Gasteiger partial charge in [0.1, 0.15) is 6.17 Å². The van der Waals surface area contributed by atoms with Crippen molar-refractivity contribution in [3.63, 3.8) is 0 Å². The molecule has 0 radical (unpaired) electrons. The first-order valence-corrected chi connectivity index (χ1v) is 7.13. The molecular formula is C15H21FN2O. The first kappa shape index (κ1) is 13.0. The second-order valence-corrected chi connectivity index (χ2v) is 5.67. The minimum atomic E-state index is -0.664. The summed E-state index contributed by atoms with van der Waals surface area (Å²) in [6, 6.07) is 4.25. The van der Waals surface area contributed by atoms with Crippen molar-refractivity contribution in [1.82, 2.24) is 9.88 Å². The number of hydrogen-bond donors (Lipinski definition) is 0. The molecule has 3 heterocycles. The molecule has 0 N–H and O–H groups in total. The van der Waals surface area contributed by atoms with Gasteiger partial charge >= 0.3 is 0 Å². The van der Waals surface area contributed by atoms with Gasteiger partial charge in [-0.25, -0.2) is 4.39 Å². The van der Waals surface area contributed by atoms with Gasteiger partial charge in [0.15, 0.2) is 0 Å². The minimum Gasteiger partial charge on any atom is -0.381 e. The molecular weight excluding hydrogens is 243 g/mol. The van der Waals surface area contributed by atoms with Crippen LogP contribution >= 0.6 is 0 Å². The van der Waals surface area contributed by atoms with Crippen LogP contribution in [-0.4, -0.2) is 42.4 Å². The molecule has 104 valence electrons. The lowest BCUT2D eigenvalue weighted by molar-refractivity contribution is 0.193. The molecule has 0 aliphatic carbocycles. The van der Waals surface area contributed by atoms with Crippen molar-refractivity contribution < 1.29 is 9.13 Å². The molecule has 0 amide bonds.